The third kappa shape index (κ3) is 4.99. The van der Waals surface area contributed by atoms with Gasteiger partial charge in [0.1, 0.15) is 17.1 Å². The van der Waals surface area contributed by atoms with Gasteiger partial charge in [-0.3, -0.25) is 4.79 Å². The van der Waals surface area contributed by atoms with Gasteiger partial charge in [0.2, 0.25) is 5.91 Å². The first-order valence-electron chi connectivity index (χ1n) is 8.21. The summed E-state index contributed by atoms with van der Waals surface area (Å²) in [6.45, 7) is 1.67. The van der Waals surface area contributed by atoms with Crippen molar-refractivity contribution in [1.82, 2.24) is 4.90 Å². The van der Waals surface area contributed by atoms with E-state index in [2.05, 4.69) is 0 Å². The average molecular weight is 361 g/mol. The van der Waals surface area contributed by atoms with E-state index in [4.69, 9.17) is 9.52 Å². The van der Waals surface area contributed by atoms with Crippen LogP contribution >= 0.6 is 0 Å². The van der Waals surface area contributed by atoms with Gasteiger partial charge in [0.15, 0.2) is 0 Å². The molecule has 0 radical (unpaired) electrons. The summed E-state index contributed by atoms with van der Waals surface area (Å²) in [4.78, 5) is 24.7. The zero-order chi connectivity index (χ0) is 18.8. The second-order valence-electron chi connectivity index (χ2n) is 6.70. The molecule has 1 N–H and O–H groups in total. The summed E-state index contributed by atoms with van der Waals surface area (Å²) in [6.07, 6.45) is -3.01. The van der Waals surface area contributed by atoms with Crippen LogP contribution in [0.3, 0.4) is 0 Å². The summed E-state index contributed by atoms with van der Waals surface area (Å²) >= 11 is 0. The summed E-state index contributed by atoms with van der Waals surface area (Å²) < 4.78 is 43.3. The number of nitrogens with zero attached hydrogens (tertiary/aromatic N) is 1. The minimum absolute atomic E-state index is 0.0403. The van der Waals surface area contributed by atoms with Crippen molar-refractivity contribution in [2.24, 2.45) is 11.8 Å². The topological polar surface area (TPSA) is 70.8 Å². The molecule has 0 saturated heterocycles. The summed E-state index contributed by atoms with van der Waals surface area (Å²) in [5.74, 6) is -1.93. The Kier molecular flexibility index (Phi) is 5.80. The zero-order valence-electron chi connectivity index (χ0n) is 14.2. The molecule has 1 aliphatic carbocycles. The van der Waals surface area contributed by atoms with Gasteiger partial charge >= 0.3 is 12.1 Å². The van der Waals surface area contributed by atoms with Crippen molar-refractivity contribution in [2.75, 3.05) is 7.05 Å². The number of aromatic carboxylic acids is 1. The molecule has 1 heterocycles. The van der Waals surface area contributed by atoms with Gasteiger partial charge in [0.05, 0.1) is 12.5 Å². The number of alkyl halides is 3. The second kappa shape index (κ2) is 7.49. The number of aryl methyl sites for hydroxylation is 1. The van der Waals surface area contributed by atoms with Crippen LogP contribution in [-0.4, -0.2) is 35.1 Å². The number of hydrogen-bond acceptors (Lipinski definition) is 3. The van der Waals surface area contributed by atoms with Gasteiger partial charge in [-0.1, -0.05) is 0 Å². The fourth-order valence-corrected chi connectivity index (χ4v) is 3.25. The maximum absolute atomic E-state index is 12.7. The maximum atomic E-state index is 12.7. The highest BCUT2D eigenvalue weighted by molar-refractivity contribution is 5.88. The van der Waals surface area contributed by atoms with Gasteiger partial charge in [-0.05, 0) is 44.6 Å². The van der Waals surface area contributed by atoms with Gasteiger partial charge in [-0.15, -0.1) is 0 Å². The number of furan rings is 1. The van der Waals surface area contributed by atoms with Gasteiger partial charge in [0.25, 0.3) is 0 Å². The van der Waals surface area contributed by atoms with Crippen LogP contribution in [-0.2, 0) is 11.3 Å². The number of halogens is 3. The molecule has 0 unspecified atom stereocenters. The minimum atomic E-state index is -4.15. The Morgan fingerprint density at radius 2 is 1.88 bits per heavy atom. The van der Waals surface area contributed by atoms with E-state index in [0.29, 0.717) is 18.6 Å². The van der Waals surface area contributed by atoms with Crippen LogP contribution in [0.1, 0.15) is 54.0 Å². The highest BCUT2D eigenvalue weighted by atomic mass is 19.4. The fourth-order valence-electron chi connectivity index (χ4n) is 3.25. The second-order valence-corrected chi connectivity index (χ2v) is 6.70. The van der Waals surface area contributed by atoms with Crippen molar-refractivity contribution in [3.8, 4) is 0 Å². The van der Waals surface area contributed by atoms with Crippen LogP contribution in [0, 0.1) is 18.8 Å². The predicted octanol–water partition coefficient (Wildman–Crippen LogP) is 4.00. The SMILES string of the molecule is Cc1oc(CN(C)C(=O)CC2CCC(C(F)(F)F)CC2)cc1C(=O)O. The van der Waals surface area contributed by atoms with Crippen molar-refractivity contribution in [2.45, 2.75) is 51.7 Å². The fraction of sp³-hybridized carbons (Fsp3) is 0.647. The van der Waals surface area contributed by atoms with E-state index < -0.39 is 18.1 Å². The van der Waals surface area contributed by atoms with E-state index in [1.165, 1.54) is 17.9 Å². The highest BCUT2D eigenvalue weighted by Crippen LogP contribution is 2.40. The first-order valence-corrected chi connectivity index (χ1v) is 8.21. The Labute approximate surface area is 143 Å². The van der Waals surface area contributed by atoms with E-state index in [0.717, 1.165) is 0 Å². The first kappa shape index (κ1) is 19.3. The van der Waals surface area contributed by atoms with E-state index in [1.807, 2.05) is 0 Å². The quantitative estimate of drug-likeness (QED) is 0.860. The largest absolute Gasteiger partial charge is 0.478 e. The van der Waals surface area contributed by atoms with Gasteiger partial charge < -0.3 is 14.4 Å². The lowest BCUT2D eigenvalue weighted by atomic mass is 9.80. The summed E-state index contributed by atoms with van der Waals surface area (Å²) in [6, 6.07) is 1.38. The molecule has 8 heteroatoms. The molecule has 1 aromatic heterocycles. The molecule has 1 aromatic rings. The van der Waals surface area contributed by atoms with Gasteiger partial charge in [-0.25, -0.2) is 4.79 Å². The normalized spacial score (nSPS) is 21.2. The van der Waals surface area contributed by atoms with Crippen LogP contribution in [0.15, 0.2) is 10.5 Å². The molecule has 5 nitrogen and oxygen atoms in total. The molecule has 0 aromatic carbocycles. The van der Waals surface area contributed by atoms with Gasteiger partial charge in [-0.2, -0.15) is 13.2 Å². The van der Waals surface area contributed by atoms with Crippen LogP contribution in [0.25, 0.3) is 0 Å². The molecule has 0 spiro atoms. The van der Waals surface area contributed by atoms with Crippen molar-refractivity contribution < 1.29 is 32.3 Å². The number of amides is 1. The van der Waals surface area contributed by atoms with Crippen molar-refractivity contribution in [3.63, 3.8) is 0 Å². The standard InChI is InChI=1S/C17H22F3NO4/c1-10-14(16(23)24)8-13(25-10)9-21(2)15(22)7-11-3-5-12(6-4-11)17(18,19)20/h8,11-12H,3-7,9H2,1-2H3,(H,23,24). The smallest absolute Gasteiger partial charge is 0.391 e. The monoisotopic (exact) mass is 361 g/mol. The lowest BCUT2D eigenvalue weighted by molar-refractivity contribution is -0.184. The molecule has 1 aliphatic rings. The van der Waals surface area contributed by atoms with Crippen LogP contribution in [0.5, 0.6) is 0 Å². The zero-order valence-corrected chi connectivity index (χ0v) is 14.2. The molecule has 1 fully saturated rings. The Morgan fingerprint density at radius 3 is 2.36 bits per heavy atom. The van der Waals surface area contributed by atoms with E-state index in [9.17, 15) is 22.8 Å². The lowest BCUT2D eigenvalue weighted by Gasteiger charge is -2.30. The molecular weight excluding hydrogens is 339 g/mol. The third-order valence-corrected chi connectivity index (χ3v) is 4.79. The molecular formula is C17H22F3NO4. The predicted molar refractivity (Wildman–Crippen MR) is 83.0 cm³/mol. The molecule has 140 valence electrons. The molecule has 0 aliphatic heterocycles. The Morgan fingerprint density at radius 1 is 1.28 bits per heavy atom. The number of carbonyl (C=O) groups excluding carboxylic acids is 1. The van der Waals surface area contributed by atoms with Crippen LogP contribution < -0.4 is 0 Å². The van der Waals surface area contributed by atoms with Crippen LogP contribution in [0.2, 0.25) is 0 Å². The lowest BCUT2D eigenvalue weighted by Crippen LogP contribution is -2.31. The van der Waals surface area contributed by atoms with E-state index in [-0.39, 0.29) is 49.0 Å². The maximum Gasteiger partial charge on any atom is 0.391 e. The summed E-state index contributed by atoms with van der Waals surface area (Å²) in [5.41, 5.74) is 0.0568. The molecule has 25 heavy (non-hydrogen) atoms. The number of hydrogen-bond donors (Lipinski definition) is 1. The third-order valence-electron chi connectivity index (χ3n) is 4.79. The Bertz CT molecular complexity index is 630. The summed E-state index contributed by atoms with van der Waals surface area (Å²) in [7, 11) is 1.57. The van der Waals surface area contributed by atoms with Crippen molar-refractivity contribution >= 4 is 11.9 Å². The van der Waals surface area contributed by atoms with Crippen molar-refractivity contribution in [3.05, 3.63) is 23.2 Å². The van der Waals surface area contributed by atoms with Gasteiger partial charge in [0, 0.05) is 13.5 Å². The van der Waals surface area contributed by atoms with Crippen molar-refractivity contribution in [1.29, 1.82) is 0 Å². The minimum Gasteiger partial charge on any atom is -0.478 e. The Hall–Kier alpha value is -1.99. The van der Waals surface area contributed by atoms with E-state index >= 15 is 0 Å². The molecule has 1 amide bonds. The molecule has 2 rings (SSSR count). The van der Waals surface area contributed by atoms with Crippen LogP contribution in [0.4, 0.5) is 13.2 Å². The number of carboxylic acids is 1. The number of carbonyl (C=O) groups is 2. The van der Waals surface area contributed by atoms with E-state index in [1.54, 1.807) is 7.05 Å². The molecule has 1 saturated carbocycles. The highest BCUT2D eigenvalue weighted by Gasteiger charge is 2.41. The summed E-state index contributed by atoms with van der Waals surface area (Å²) in [5, 5.41) is 9.00. The Balaban J connectivity index is 1.85. The number of rotatable bonds is 5. The molecule has 0 atom stereocenters. The average Bonchev–Trinajstić information content (AvgIpc) is 2.87. The number of carboxylic acid groups (broad SMARTS) is 1. The first-order chi connectivity index (χ1) is 11.6. The molecule has 0 bridgehead atoms.